The van der Waals surface area contributed by atoms with Crippen molar-refractivity contribution in [2.24, 2.45) is 0 Å². The van der Waals surface area contributed by atoms with Gasteiger partial charge in [-0.05, 0) is 50.5 Å². The van der Waals surface area contributed by atoms with Crippen LogP contribution in [0.1, 0.15) is 36.2 Å². The molecule has 22 heavy (non-hydrogen) atoms. The molecule has 5 nitrogen and oxygen atoms in total. The fourth-order valence-electron chi connectivity index (χ4n) is 2.72. The number of amides is 1. The van der Waals surface area contributed by atoms with Crippen LogP contribution in [-0.2, 0) is 15.9 Å². The van der Waals surface area contributed by atoms with Crippen LogP contribution in [0.3, 0.4) is 0 Å². The largest absolute Gasteiger partial charge is 0.497 e. The highest BCUT2D eigenvalue weighted by atomic mass is 16.7. The van der Waals surface area contributed by atoms with E-state index in [0.717, 1.165) is 29.7 Å². The Balaban J connectivity index is 2.15. The fraction of sp³-hybridized carbons (Fsp3) is 0.588. The van der Waals surface area contributed by atoms with Crippen LogP contribution in [0, 0.1) is 0 Å². The molecule has 0 radical (unpaired) electrons. The quantitative estimate of drug-likeness (QED) is 0.726. The first-order chi connectivity index (χ1) is 10.7. The highest BCUT2D eigenvalue weighted by Crippen LogP contribution is 2.23. The van der Waals surface area contributed by atoms with Crippen LogP contribution in [0.25, 0.3) is 0 Å². The normalized spacial score (nSPS) is 14.9. The summed E-state index contributed by atoms with van der Waals surface area (Å²) < 4.78 is 16.4. The van der Waals surface area contributed by atoms with Crippen molar-refractivity contribution < 1.29 is 19.0 Å². The number of benzene rings is 1. The molecule has 5 heteroatoms. The highest BCUT2D eigenvalue weighted by Gasteiger charge is 2.25. The molecule has 0 aromatic heterocycles. The van der Waals surface area contributed by atoms with Crippen LogP contribution in [0.5, 0.6) is 5.75 Å². The third-order valence-electron chi connectivity index (χ3n) is 3.78. The molecule has 0 aliphatic carbocycles. The van der Waals surface area contributed by atoms with E-state index in [1.807, 2.05) is 36.9 Å². The molecule has 0 atom stereocenters. The number of carbonyl (C=O) groups is 1. The van der Waals surface area contributed by atoms with Crippen LogP contribution in [0.4, 0.5) is 0 Å². The third-order valence-corrected chi connectivity index (χ3v) is 3.78. The monoisotopic (exact) mass is 307 g/mol. The van der Waals surface area contributed by atoms with Crippen LogP contribution in [0.2, 0.25) is 0 Å². The number of rotatable bonds is 7. The van der Waals surface area contributed by atoms with E-state index < -0.39 is 0 Å². The van der Waals surface area contributed by atoms with Gasteiger partial charge in [0.1, 0.15) is 5.75 Å². The second kappa shape index (κ2) is 8.15. The zero-order valence-electron chi connectivity index (χ0n) is 13.6. The van der Waals surface area contributed by atoms with E-state index in [1.54, 1.807) is 7.11 Å². The minimum absolute atomic E-state index is 0.0413. The number of fused-ring (bicyclic) bond motifs is 1. The van der Waals surface area contributed by atoms with Crippen molar-refractivity contribution in [3.63, 3.8) is 0 Å². The first-order valence-electron chi connectivity index (χ1n) is 7.89. The van der Waals surface area contributed by atoms with Crippen molar-refractivity contribution in [1.29, 1.82) is 0 Å². The molecule has 0 N–H and O–H groups in total. The third kappa shape index (κ3) is 3.99. The molecule has 1 aliphatic rings. The van der Waals surface area contributed by atoms with Crippen LogP contribution >= 0.6 is 0 Å². The molecule has 1 aromatic carbocycles. The minimum Gasteiger partial charge on any atom is -0.497 e. The zero-order chi connectivity index (χ0) is 15.9. The molecule has 1 aromatic rings. The summed E-state index contributed by atoms with van der Waals surface area (Å²) in [6, 6.07) is 5.65. The van der Waals surface area contributed by atoms with Crippen LogP contribution < -0.4 is 4.74 Å². The maximum Gasteiger partial charge on any atom is 0.254 e. The molecule has 1 aliphatic heterocycles. The van der Waals surface area contributed by atoms with Gasteiger partial charge in [-0.2, -0.15) is 0 Å². The van der Waals surface area contributed by atoms with Crippen LogP contribution in [-0.4, -0.2) is 50.5 Å². The van der Waals surface area contributed by atoms with E-state index in [-0.39, 0.29) is 12.2 Å². The predicted octanol–water partition coefficient (Wildman–Crippen LogP) is 2.48. The van der Waals surface area contributed by atoms with E-state index in [4.69, 9.17) is 14.2 Å². The number of hydrogen-bond acceptors (Lipinski definition) is 4. The Kier molecular flexibility index (Phi) is 6.21. The van der Waals surface area contributed by atoms with Gasteiger partial charge in [0, 0.05) is 25.3 Å². The lowest BCUT2D eigenvalue weighted by molar-refractivity contribution is -0.143. The molecule has 0 saturated heterocycles. The number of ether oxygens (including phenoxy) is 3. The van der Waals surface area contributed by atoms with Gasteiger partial charge in [0.05, 0.1) is 13.7 Å². The van der Waals surface area contributed by atoms with Crippen molar-refractivity contribution in [2.75, 3.05) is 33.4 Å². The molecular formula is C17H25NO4. The smallest absolute Gasteiger partial charge is 0.254 e. The summed E-state index contributed by atoms with van der Waals surface area (Å²) in [7, 11) is 1.64. The lowest BCUT2D eigenvalue weighted by Gasteiger charge is -2.26. The van der Waals surface area contributed by atoms with Gasteiger partial charge < -0.3 is 19.1 Å². The Labute approximate surface area is 132 Å². The molecule has 0 unspecified atom stereocenters. The predicted molar refractivity (Wildman–Crippen MR) is 84.3 cm³/mol. The van der Waals surface area contributed by atoms with Crippen molar-refractivity contribution in [3.05, 3.63) is 29.3 Å². The number of carbonyl (C=O) groups excluding carboxylic acids is 1. The Morgan fingerprint density at radius 1 is 1.23 bits per heavy atom. The van der Waals surface area contributed by atoms with Crippen LogP contribution in [0.15, 0.2) is 18.2 Å². The summed E-state index contributed by atoms with van der Waals surface area (Å²) in [6.45, 7) is 6.18. The summed E-state index contributed by atoms with van der Waals surface area (Å²) in [6.07, 6.45) is 1.44. The van der Waals surface area contributed by atoms with Gasteiger partial charge in [0.15, 0.2) is 6.29 Å². The van der Waals surface area contributed by atoms with E-state index >= 15 is 0 Å². The molecule has 1 heterocycles. The van der Waals surface area contributed by atoms with Crippen molar-refractivity contribution in [3.8, 4) is 5.75 Å². The maximum atomic E-state index is 12.8. The average molecular weight is 307 g/mol. The summed E-state index contributed by atoms with van der Waals surface area (Å²) in [4.78, 5) is 14.6. The molecular weight excluding hydrogens is 282 g/mol. The summed E-state index contributed by atoms with van der Waals surface area (Å²) in [5.74, 6) is 0.834. The Hall–Kier alpha value is -1.59. The molecule has 0 spiro atoms. The van der Waals surface area contributed by atoms with Gasteiger partial charge >= 0.3 is 0 Å². The summed E-state index contributed by atoms with van der Waals surface area (Å²) in [5, 5.41) is 0. The SMILES string of the molecule is CCOC(CN1CCCc2cc(OC)ccc2C1=O)OCC. The molecule has 0 fully saturated rings. The summed E-state index contributed by atoms with van der Waals surface area (Å²) in [5.41, 5.74) is 1.81. The number of hydrogen-bond donors (Lipinski definition) is 0. The Morgan fingerprint density at radius 3 is 2.59 bits per heavy atom. The van der Waals surface area contributed by atoms with Crippen molar-refractivity contribution in [1.82, 2.24) is 4.90 Å². The fourth-order valence-corrected chi connectivity index (χ4v) is 2.72. The number of aryl methyl sites for hydroxylation is 1. The van der Waals surface area contributed by atoms with E-state index in [2.05, 4.69) is 0 Å². The second-order valence-electron chi connectivity index (χ2n) is 5.22. The molecule has 122 valence electrons. The molecule has 0 saturated carbocycles. The van der Waals surface area contributed by atoms with E-state index in [0.29, 0.717) is 26.3 Å². The van der Waals surface area contributed by atoms with Gasteiger partial charge in [0.25, 0.3) is 5.91 Å². The summed E-state index contributed by atoms with van der Waals surface area (Å²) >= 11 is 0. The Bertz CT molecular complexity index is 497. The number of nitrogens with zero attached hydrogens (tertiary/aromatic N) is 1. The van der Waals surface area contributed by atoms with E-state index in [1.165, 1.54) is 0 Å². The minimum atomic E-state index is -0.362. The maximum absolute atomic E-state index is 12.8. The first-order valence-corrected chi connectivity index (χ1v) is 7.89. The van der Waals surface area contributed by atoms with E-state index in [9.17, 15) is 4.79 Å². The molecule has 0 bridgehead atoms. The number of methoxy groups -OCH3 is 1. The van der Waals surface area contributed by atoms with Crippen molar-refractivity contribution >= 4 is 5.91 Å². The van der Waals surface area contributed by atoms with Gasteiger partial charge in [-0.25, -0.2) is 0 Å². The lowest BCUT2D eigenvalue weighted by atomic mass is 10.0. The average Bonchev–Trinajstić information content (AvgIpc) is 2.67. The van der Waals surface area contributed by atoms with Gasteiger partial charge in [-0.3, -0.25) is 4.79 Å². The van der Waals surface area contributed by atoms with Crippen molar-refractivity contribution in [2.45, 2.75) is 33.0 Å². The zero-order valence-corrected chi connectivity index (χ0v) is 13.6. The molecule has 1 amide bonds. The standard InChI is InChI=1S/C17H25NO4/c1-4-21-16(22-5-2)12-18-10-6-7-13-11-14(20-3)8-9-15(13)17(18)19/h8-9,11,16H,4-7,10,12H2,1-3H3. The van der Waals surface area contributed by atoms with Gasteiger partial charge in [0.2, 0.25) is 0 Å². The highest BCUT2D eigenvalue weighted by molar-refractivity contribution is 5.96. The topological polar surface area (TPSA) is 48.0 Å². The first kappa shape index (κ1) is 16.8. The molecule has 2 rings (SSSR count). The second-order valence-corrected chi connectivity index (χ2v) is 5.22. The Morgan fingerprint density at radius 2 is 1.95 bits per heavy atom. The van der Waals surface area contributed by atoms with Gasteiger partial charge in [-0.1, -0.05) is 0 Å². The lowest BCUT2D eigenvalue weighted by Crippen LogP contribution is -2.39. The van der Waals surface area contributed by atoms with Gasteiger partial charge in [-0.15, -0.1) is 0 Å².